The Morgan fingerprint density at radius 2 is 2.38 bits per heavy atom. The Balaban J connectivity index is 2.92. The Kier molecular flexibility index (Phi) is 5.59. The number of ether oxygens (including phenoxy) is 1. The van der Waals surface area contributed by atoms with Gasteiger partial charge in [0.15, 0.2) is 0 Å². The molecule has 0 aliphatic carbocycles. The summed E-state index contributed by atoms with van der Waals surface area (Å²) in [6.45, 7) is 1.61. The number of hydrogen-bond donors (Lipinski definition) is 2. The molecule has 0 fully saturated rings. The van der Waals surface area contributed by atoms with Crippen LogP contribution in [0.4, 0.5) is 0 Å². The van der Waals surface area contributed by atoms with Gasteiger partial charge in [-0.15, -0.1) is 0 Å². The highest BCUT2D eigenvalue weighted by Gasteiger charge is 1.97. The maximum atomic E-state index is 4.84. The minimum absolute atomic E-state index is 0.324. The molecule has 8 heavy (non-hydrogen) atoms. The van der Waals surface area contributed by atoms with Gasteiger partial charge in [0, 0.05) is 18.9 Å². The van der Waals surface area contributed by atoms with E-state index >= 15 is 0 Å². The summed E-state index contributed by atoms with van der Waals surface area (Å²) in [6, 6.07) is 0. The van der Waals surface area contributed by atoms with Crippen molar-refractivity contribution in [2.45, 2.75) is 5.25 Å². The zero-order valence-corrected chi connectivity index (χ0v) is 6.24. The highest BCUT2D eigenvalue weighted by molar-refractivity contribution is 7.81. The molecule has 0 aliphatic rings. The highest BCUT2D eigenvalue weighted by Crippen LogP contribution is 1.90. The third-order valence-corrected chi connectivity index (χ3v) is 1.13. The van der Waals surface area contributed by atoms with Crippen LogP contribution in [0.3, 0.4) is 0 Å². The molecule has 0 aromatic heterocycles. The summed E-state index contributed by atoms with van der Waals surface area (Å²) in [5, 5.41) is 3.32. The van der Waals surface area contributed by atoms with Gasteiger partial charge in [0.2, 0.25) is 0 Å². The normalized spacial score (nSPS) is 13.9. The van der Waals surface area contributed by atoms with Crippen molar-refractivity contribution in [3.8, 4) is 0 Å². The maximum absolute atomic E-state index is 4.84. The molecule has 0 saturated heterocycles. The largest absolute Gasteiger partial charge is 0.383 e. The molecule has 0 spiro atoms. The Morgan fingerprint density at radius 3 is 2.75 bits per heavy atom. The second-order valence-electron chi connectivity index (χ2n) is 1.67. The fraction of sp³-hybridized carbons (Fsp3) is 1.00. The first-order valence-corrected chi connectivity index (χ1v) is 3.14. The minimum atomic E-state index is 0.324. The topological polar surface area (TPSA) is 21.3 Å². The lowest BCUT2D eigenvalue weighted by Gasteiger charge is -2.06. The van der Waals surface area contributed by atoms with Gasteiger partial charge in [-0.2, -0.15) is 12.6 Å². The van der Waals surface area contributed by atoms with E-state index in [1.807, 2.05) is 7.05 Å². The summed E-state index contributed by atoms with van der Waals surface area (Å²) in [6.07, 6.45) is 0. The van der Waals surface area contributed by atoms with Gasteiger partial charge >= 0.3 is 0 Å². The summed E-state index contributed by atoms with van der Waals surface area (Å²) < 4.78 is 4.84. The molecule has 0 heterocycles. The summed E-state index contributed by atoms with van der Waals surface area (Å²) in [7, 11) is 3.58. The SMILES string of the molecule is CNCC(S)COC. The van der Waals surface area contributed by atoms with Crippen molar-refractivity contribution in [3.05, 3.63) is 0 Å². The lowest BCUT2D eigenvalue weighted by molar-refractivity contribution is 0.199. The summed E-state index contributed by atoms with van der Waals surface area (Å²) in [4.78, 5) is 0. The standard InChI is InChI=1S/C5H13NOS/c1-6-3-5(8)4-7-2/h5-6,8H,3-4H2,1-2H3. The third kappa shape index (κ3) is 4.43. The van der Waals surface area contributed by atoms with E-state index in [4.69, 9.17) is 4.74 Å². The Hall–Kier alpha value is 0.270. The van der Waals surface area contributed by atoms with Crippen molar-refractivity contribution in [2.75, 3.05) is 27.3 Å². The van der Waals surface area contributed by atoms with Gasteiger partial charge in [-0.25, -0.2) is 0 Å². The van der Waals surface area contributed by atoms with E-state index in [0.29, 0.717) is 11.9 Å². The van der Waals surface area contributed by atoms with Crippen molar-refractivity contribution in [1.29, 1.82) is 0 Å². The maximum Gasteiger partial charge on any atom is 0.0591 e. The molecule has 0 aliphatic heterocycles. The summed E-state index contributed by atoms with van der Waals surface area (Å²) in [5.41, 5.74) is 0. The van der Waals surface area contributed by atoms with Gasteiger partial charge in [0.1, 0.15) is 0 Å². The number of thiol groups is 1. The van der Waals surface area contributed by atoms with Crippen LogP contribution in [0.5, 0.6) is 0 Å². The van der Waals surface area contributed by atoms with Crippen LogP contribution in [0, 0.1) is 0 Å². The fourth-order valence-electron chi connectivity index (χ4n) is 0.487. The molecular formula is C5H13NOS. The van der Waals surface area contributed by atoms with E-state index in [-0.39, 0.29) is 0 Å². The van der Waals surface area contributed by atoms with E-state index in [9.17, 15) is 0 Å². The van der Waals surface area contributed by atoms with Crippen LogP contribution in [0.15, 0.2) is 0 Å². The highest BCUT2D eigenvalue weighted by atomic mass is 32.1. The van der Waals surface area contributed by atoms with Crippen LogP contribution in [-0.4, -0.2) is 32.6 Å². The van der Waals surface area contributed by atoms with Gasteiger partial charge in [0.25, 0.3) is 0 Å². The van der Waals surface area contributed by atoms with Crippen molar-refractivity contribution >= 4 is 12.6 Å². The van der Waals surface area contributed by atoms with E-state index in [0.717, 1.165) is 6.54 Å². The van der Waals surface area contributed by atoms with Gasteiger partial charge in [-0.1, -0.05) is 0 Å². The summed E-state index contributed by atoms with van der Waals surface area (Å²) >= 11 is 4.20. The molecule has 0 aromatic carbocycles. The Morgan fingerprint density at radius 1 is 1.75 bits per heavy atom. The Bertz CT molecular complexity index is 45.7. The van der Waals surface area contributed by atoms with E-state index < -0.39 is 0 Å². The van der Waals surface area contributed by atoms with Gasteiger partial charge in [-0.3, -0.25) is 0 Å². The van der Waals surface area contributed by atoms with Gasteiger partial charge in [-0.05, 0) is 7.05 Å². The third-order valence-electron chi connectivity index (χ3n) is 0.799. The molecule has 0 aromatic rings. The average molecular weight is 135 g/mol. The molecule has 0 bridgehead atoms. The molecule has 0 amide bonds. The fourth-order valence-corrected chi connectivity index (χ4v) is 0.819. The van der Waals surface area contributed by atoms with Crippen molar-refractivity contribution in [3.63, 3.8) is 0 Å². The number of methoxy groups -OCH3 is 1. The number of rotatable bonds is 4. The molecule has 2 nitrogen and oxygen atoms in total. The average Bonchev–Trinajstić information content (AvgIpc) is 1.68. The zero-order valence-electron chi connectivity index (χ0n) is 5.35. The van der Waals surface area contributed by atoms with Crippen LogP contribution in [0.2, 0.25) is 0 Å². The van der Waals surface area contributed by atoms with Gasteiger partial charge in [0.05, 0.1) is 6.61 Å². The van der Waals surface area contributed by atoms with Crippen LogP contribution < -0.4 is 5.32 Å². The summed E-state index contributed by atoms with van der Waals surface area (Å²) in [5.74, 6) is 0. The Labute approximate surface area is 56.0 Å². The predicted molar refractivity (Wildman–Crippen MR) is 38.6 cm³/mol. The molecular weight excluding hydrogens is 122 g/mol. The van der Waals surface area contributed by atoms with Crippen molar-refractivity contribution < 1.29 is 4.74 Å². The molecule has 1 unspecified atom stereocenters. The van der Waals surface area contributed by atoms with Crippen molar-refractivity contribution in [1.82, 2.24) is 5.32 Å². The van der Waals surface area contributed by atoms with E-state index in [1.165, 1.54) is 0 Å². The van der Waals surface area contributed by atoms with E-state index in [2.05, 4.69) is 17.9 Å². The lowest BCUT2D eigenvalue weighted by Crippen LogP contribution is -2.22. The second kappa shape index (κ2) is 5.41. The molecule has 0 radical (unpaired) electrons. The predicted octanol–water partition coefficient (Wildman–Crippen LogP) is 0.151. The molecule has 1 atom stereocenters. The zero-order chi connectivity index (χ0) is 6.41. The monoisotopic (exact) mass is 135 g/mol. The van der Waals surface area contributed by atoms with Crippen LogP contribution in [-0.2, 0) is 4.74 Å². The molecule has 0 saturated carbocycles. The first-order chi connectivity index (χ1) is 3.81. The molecule has 0 rings (SSSR count). The van der Waals surface area contributed by atoms with Crippen LogP contribution in [0.1, 0.15) is 0 Å². The number of hydrogen-bond acceptors (Lipinski definition) is 3. The molecule has 1 N–H and O–H groups in total. The quantitative estimate of drug-likeness (QED) is 0.535. The molecule has 3 heteroatoms. The first-order valence-electron chi connectivity index (χ1n) is 2.63. The van der Waals surface area contributed by atoms with E-state index in [1.54, 1.807) is 7.11 Å². The van der Waals surface area contributed by atoms with Crippen molar-refractivity contribution in [2.24, 2.45) is 0 Å². The molecule has 50 valence electrons. The second-order valence-corrected chi connectivity index (χ2v) is 2.40. The lowest BCUT2D eigenvalue weighted by atomic mass is 10.4. The van der Waals surface area contributed by atoms with Crippen LogP contribution in [0.25, 0.3) is 0 Å². The van der Waals surface area contributed by atoms with Crippen LogP contribution >= 0.6 is 12.6 Å². The van der Waals surface area contributed by atoms with Gasteiger partial charge < -0.3 is 10.1 Å². The smallest absolute Gasteiger partial charge is 0.0591 e. The first kappa shape index (κ1) is 8.27. The minimum Gasteiger partial charge on any atom is -0.383 e. The number of nitrogens with one attached hydrogen (secondary N) is 1.